The van der Waals surface area contributed by atoms with Gasteiger partial charge in [-0.05, 0) is 34.1 Å². The van der Waals surface area contributed by atoms with Gasteiger partial charge in [0.2, 0.25) is 0 Å². The topological polar surface area (TPSA) is 82.8 Å². The highest BCUT2D eigenvalue weighted by atomic mass is 79.9. The molecule has 21 heavy (non-hydrogen) atoms. The Kier molecular flexibility index (Phi) is 4.20. The molecule has 0 saturated heterocycles. The minimum atomic E-state index is -4.13. The summed E-state index contributed by atoms with van der Waals surface area (Å²) in [4.78, 5) is 3.33. The van der Waals surface area contributed by atoms with Gasteiger partial charge in [0.1, 0.15) is 28.3 Å². The van der Waals surface area contributed by atoms with E-state index < -0.39 is 27.3 Å². The lowest BCUT2D eigenvalue weighted by Gasteiger charge is -2.09. The van der Waals surface area contributed by atoms with Crippen LogP contribution in [0, 0.1) is 23.0 Å². The van der Waals surface area contributed by atoms with Gasteiger partial charge < -0.3 is 0 Å². The number of sulfonamides is 1. The van der Waals surface area contributed by atoms with Crippen LogP contribution in [0.15, 0.2) is 39.8 Å². The van der Waals surface area contributed by atoms with E-state index in [1.54, 1.807) is 6.07 Å². The van der Waals surface area contributed by atoms with Crippen LogP contribution >= 0.6 is 15.9 Å². The number of hydrogen-bond donors (Lipinski definition) is 1. The summed E-state index contributed by atoms with van der Waals surface area (Å²) in [5, 5.41) is 8.59. The van der Waals surface area contributed by atoms with Gasteiger partial charge in [0.05, 0.1) is 10.2 Å². The molecule has 0 unspecified atom stereocenters. The number of aromatic nitrogens is 1. The second-order valence-corrected chi connectivity index (χ2v) is 6.38. The first-order valence-corrected chi connectivity index (χ1v) is 7.64. The van der Waals surface area contributed by atoms with Gasteiger partial charge in [-0.1, -0.05) is 0 Å². The summed E-state index contributed by atoms with van der Waals surface area (Å²) in [7, 11) is -4.13. The number of nitrogens with one attached hydrogen (secondary N) is 1. The number of pyridine rings is 1. The maximum atomic E-state index is 13.6. The lowest BCUT2D eigenvalue weighted by Crippen LogP contribution is -2.14. The molecule has 2 aromatic rings. The molecule has 0 aliphatic heterocycles. The van der Waals surface area contributed by atoms with E-state index in [2.05, 4.69) is 20.9 Å². The molecular weight excluding hydrogens is 368 g/mol. The fourth-order valence-electron chi connectivity index (χ4n) is 1.41. The average molecular weight is 374 g/mol. The second kappa shape index (κ2) is 5.75. The van der Waals surface area contributed by atoms with Crippen LogP contribution in [-0.4, -0.2) is 13.4 Å². The molecule has 1 aromatic carbocycles. The number of nitriles is 1. The van der Waals surface area contributed by atoms with Crippen LogP contribution < -0.4 is 4.72 Å². The molecule has 2 rings (SSSR count). The molecule has 0 atom stereocenters. The zero-order chi connectivity index (χ0) is 15.6. The molecule has 0 saturated carbocycles. The van der Waals surface area contributed by atoms with Gasteiger partial charge >= 0.3 is 0 Å². The van der Waals surface area contributed by atoms with Crippen molar-refractivity contribution in [3.05, 3.63) is 52.3 Å². The van der Waals surface area contributed by atoms with Gasteiger partial charge in [-0.15, -0.1) is 0 Å². The molecule has 1 N–H and O–H groups in total. The smallest absolute Gasteiger partial charge is 0.263 e. The first-order valence-electron chi connectivity index (χ1n) is 5.37. The number of halogens is 3. The van der Waals surface area contributed by atoms with Crippen LogP contribution in [0.4, 0.5) is 14.5 Å². The van der Waals surface area contributed by atoms with Crippen molar-refractivity contribution in [3.8, 4) is 6.07 Å². The molecular formula is C12H6BrF2N3O2S. The van der Waals surface area contributed by atoms with Crippen molar-refractivity contribution >= 4 is 31.6 Å². The molecule has 9 heteroatoms. The molecule has 0 bridgehead atoms. The number of rotatable bonds is 3. The Morgan fingerprint density at radius 2 is 1.95 bits per heavy atom. The molecule has 0 spiro atoms. The van der Waals surface area contributed by atoms with E-state index in [1.165, 1.54) is 6.07 Å². The standard InChI is InChI=1S/C12H6BrF2N3O2S/c13-9-3-11(15)12(4-10(9)14)18-21(19,20)8-2-1-7(5-16)17-6-8/h1-4,6,18H. The molecule has 0 fully saturated rings. The highest BCUT2D eigenvalue weighted by Gasteiger charge is 2.18. The summed E-state index contributed by atoms with van der Waals surface area (Å²) in [6.45, 7) is 0. The Labute approximate surface area is 127 Å². The Bertz CT molecular complexity index is 833. The largest absolute Gasteiger partial charge is 0.276 e. The Balaban J connectivity index is 2.37. The lowest BCUT2D eigenvalue weighted by molar-refractivity contribution is 0.591. The van der Waals surface area contributed by atoms with Crippen LogP contribution in [0.25, 0.3) is 0 Å². The summed E-state index contributed by atoms with van der Waals surface area (Å²) in [6.07, 6.45) is 0.952. The molecule has 108 valence electrons. The van der Waals surface area contributed by atoms with Crippen molar-refractivity contribution in [2.24, 2.45) is 0 Å². The third-order valence-corrected chi connectivity index (χ3v) is 4.37. The second-order valence-electron chi connectivity index (χ2n) is 3.84. The lowest BCUT2D eigenvalue weighted by atomic mass is 10.3. The van der Waals surface area contributed by atoms with Gasteiger partial charge in [-0.3, -0.25) is 4.72 Å². The van der Waals surface area contributed by atoms with Gasteiger partial charge in [-0.25, -0.2) is 22.2 Å². The van der Waals surface area contributed by atoms with Crippen molar-refractivity contribution in [1.29, 1.82) is 5.26 Å². The highest BCUT2D eigenvalue weighted by molar-refractivity contribution is 9.10. The van der Waals surface area contributed by atoms with Gasteiger partial charge in [-0.2, -0.15) is 5.26 Å². The Morgan fingerprint density at radius 1 is 1.24 bits per heavy atom. The number of nitrogens with zero attached hydrogens (tertiary/aromatic N) is 2. The van der Waals surface area contributed by atoms with Crippen molar-refractivity contribution in [2.45, 2.75) is 4.90 Å². The van der Waals surface area contributed by atoms with E-state index in [0.29, 0.717) is 6.07 Å². The molecule has 0 aliphatic carbocycles. The minimum absolute atomic E-state index is 0.0369. The zero-order valence-corrected chi connectivity index (χ0v) is 12.5. The number of benzene rings is 1. The maximum absolute atomic E-state index is 13.6. The molecule has 1 aromatic heterocycles. The van der Waals surface area contributed by atoms with E-state index >= 15 is 0 Å². The average Bonchev–Trinajstić information content (AvgIpc) is 2.44. The summed E-state index contributed by atoms with van der Waals surface area (Å²) in [5.41, 5.74) is -0.491. The highest BCUT2D eigenvalue weighted by Crippen LogP contribution is 2.25. The minimum Gasteiger partial charge on any atom is -0.276 e. The Hall–Kier alpha value is -2.05. The van der Waals surface area contributed by atoms with Crippen LogP contribution in [0.5, 0.6) is 0 Å². The quantitative estimate of drug-likeness (QED) is 0.838. The fraction of sp³-hybridized carbons (Fsp3) is 0. The third kappa shape index (κ3) is 3.34. The number of hydrogen-bond acceptors (Lipinski definition) is 4. The van der Waals surface area contributed by atoms with Crippen LogP contribution in [-0.2, 0) is 10.0 Å². The molecule has 1 heterocycles. The van der Waals surface area contributed by atoms with E-state index in [1.807, 2.05) is 4.72 Å². The summed E-state index contributed by atoms with van der Waals surface area (Å²) in [6, 6.07) is 5.60. The van der Waals surface area contributed by atoms with E-state index in [-0.39, 0.29) is 15.1 Å². The van der Waals surface area contributed by atoms with Crippen LogP contribution in [0.2, 0.25) is 0 Å². The molecule has 0 radical (unpaired) electrons. The zero-order valence-electron chi connectivity index (χ0n) is 10.1. The normalized spacial score (nSPS) is 11.0. The van der Waals surface area contributed by atoms with Crippen molar-refractivity contribution in [3.63, 3.8) is 0 Å². The van der Waals surface area contributed by atoms with E-state index in [9.17, 15) is 17.2 Å². The van der Waals surface area contributed by atoms with Crippen LogP contribution in [0.1, 0.15) is 5.69 Å². The summed E-state index contributed by atoms with van der Waals surface area (Å²) >= 11 is 2.79. The van der Waals surface area contributed by atoms with E-state index in [0.717, 1.165) is 18.3 Å². The van der Waals surface area contributed by atoms with Crippen molar-refractivity contribution < 1.29 is 17.2 Å². The summed E-state index contributed by atoms with van der Waals surface area (Å²) in [5.74, 6) is -1.75. The molecule has 0 amide bonds. The van der Waals surface area contributed by atoms with Crippen LogP contribution in [0.3, 0.4) is 0 Å². The monoisotopic (exact) mass is 373 g/mol. The maximum Gasteiger partial charge on any atom is 0.263 e. The molecule has 5 nitrogen and oxygen atoms in total. The first-order chi connectivity index (χ1) is 9.83. The predicted molar refractivity (Wildman–Crippen MR) is 73.8 cm³/mol. The number of anilines is 1. The molecule has 0 aliphatic rings. The first kappa shape index (κ1) is 15.3. The van der Waals surface area contributed by atoms with Gasteiger partial charge in [0.15, 0.2) is 0 Å². The summed E-state index contributed by atoms with van der Waals surface area (Å²) < 4.78 is 52.8. The fourth-order valence-corrected chi connectivity index (χ4v) is 2.73. The third-order valence-electron chi connectivity index (χ3n) is 2.42. The SMILES string of the molecule is N#Cc1ccc(S(=O)(=O)Nc2cc(F)c(Br)cc2F)cn1. The van der Waals surface area contributed by atoms with Gasteiger partial charge in [0, 0.05) is 12.3 Å². The van der Waals surface area contributed by atoms with E-state index in [4.69, 9.17) is 5.26 Å². The predicted octanol–water partition coefficient (Wildman–Crippen LogP) is 2.79. The Morgan fingerprint density at radius 3 is 2.52 bits per heavy atom. The van der Waals surface area contributed by atoms with Gasteiger partial charge in [0.25, 0.3) is 10.0 Å². The van der Waals surface area contributed by atoms with Crippen molar-refractivity contribution in [2.75, 3.05) is 4.72 Å². The van der Waals surface area contributed by atoms with Crippen molar-refractivity contribution in [1.82, 2.24) is 4.98 Å².